The normalized spacial score (nSPS) is 13.3. The molecule has 2 rings (SSSR count). The van der Waals surface area contributed by atoms with Gasteiger partial charge in [0, 0.05) is 5.56 Å². The van der Waals surface area contributed by atoms with Gasteiger partial charge in [-0.2, -0.15) is 0 Å². The molecule has 0 amide bonds. The maximum atomic E-state index is 5.59. The minimum Gasteiger partial charge on any atom is -0.493 e. The second-order valence-electron chi connectivity index (χ2n) is 5.60. The first-order valence-electron chi connectivity index (χ1n) is 7.81. The number of rotatable bonds is 7. The second kappa shape index (κ2) is 7.88. The van der Waals surface area contributed by atoms with Gasteiger partial charge < -0.3 is 19.5 Å². The Morgan fingerprint density at radius 2 is 1.39 bits per heavy atom. The summed E-state index contributed by atoms with van der Waals surface area (Å²) in [7, 11) is 4.92. The third kappa shape index (κ3) is 3.77. The average molecular weight is 316 g/mol. The van der Waals surface area contributed by atoms with Crippen LogP contribution in [0.15, 0.2) is 42.5 Å². The van der Waals surface area contributed by atoms with Crippen molar-refractivity contribution in [3.8, 4) is 17.2 Å². The molecule has 0 spiro atoms. The van der Waals surface area contributed by atoms with Crippen molar-refractivity contribution in [1.29, 1.82) is 0 Å². The molecule has 0 saturated heterocycles. The zero-order valence-corrected chi connectivity index (χ0v) is 14.5. The van der Waals surface area contributed by atoms with Crippen molar-refractivity contribution in [3.05, 3.63) is 53.6 Å². The molecule has 23 heavy (non-hydrogen) atoms. The molecule has 4 heteroatoms. The number of nitrogens with two attached hydrogens (primary N) is 1. The zero-order valence-electron chi connectivity index (χ0n) is 14.5. The maximum Gasteiger partial charge on any atom is 0.203 e. The molecule has 0 bridgehead atoms. The van der Waals surface area contributed by atoms with Crippen LogP contribution in [0, 0.1) is 0 Å². The van der Waals surface area contributed by atoms with Crippen LogP contribution in [0.2, 0.25) is 0 Å². The quantitative estimate of drug-likeness (QED) is 0.853. The Balaban J connectivity index is 2.27. The molecule has 0 aliphatic carbocycles. The highest BCUT2D eigenvalue weighted by Gasteiger charge is 2.23. The van der Waals surface area contributed by atoms with Crippen molar-refractivity contribution in [3.63, 3.8) is 0 Å². The lowest BCUT2D eigenvalue weighted by Crippen LogP contribution is -2.85. The van der Waals surface area contributed by atoms with Gasteiger partial charge in [-0.3, -0.25) is 0 Å². The van der Waals surface area contributed by atoms with Gasteiger partial charge >= 0.3 is 0 Å². The number of benzene rings is 2. The van der Waals surface area contributed by atoms with Gasteiger partial charge in [-0.15, -0.1) is 0 Å². The minimum absolute atomic E-state index is 0.222. The molecular weight excluding hydrogens is 290 g/mol. The third-order valence-electron chi connectivity index (χ3n) is 4.13. The fourth-order valence-corrected chi connectivity index (χ4v) is 2.89. The van der Waals surface area contributed by atoms with Gasteiger partial charge in [0.25, 0.3) is 0 Å². The minimum atomic E-state index is 0.222. The molecule has 0 unspecified atom stereocenters. The van der Waals surface area contributed by atoms with Gasteiger partial charge in [0.15, 0.2) is 11.5 Å². The van der Waals surface area contributed by atoms with Crippen LogP contribution in [0.1, 0.15) is 37.1 Å². The van der Waals surface area contributed by atoms with Crippen LogP contribution in [0.4, 0.5) is 0 Å². The number of hydrogen-bond donors (Lipinski definition) is 1. The number of quaternary nitrogens is 1. The van der Waals surface area contributed by atoms with E-state index in [4.69, 9.17) is 14.2 Å². The Morgan fingerprint density at radius 1 is 0.739 bits per heavy atom. The highest BCUT2D eigenvalue weighted by Crippen LogP contribution is 2.41. The van der Waals surface area contributed by atoms with E-state index in [0.29, 0.717) is 17.5 Å². The van der Waals surface area contributed by atoms with Crippen molar-refractivity contribution < 1.29 is 19.5 Å². The summed E-state index contributed by atoms with van der Waals surface area (Å²) in [5.41, 5.74) is 2.40. The van der Waals surface area contributed by atoms with E-state index in [9.17, 15) is 0 Å². The Hall–Kier alpha value is -2.20. The molecule has 2 aromatic rings. The maximum absolute atomic E-state index is 5.59. The average Bonchev–Trinajstić information content (AvgIpc) is 2.60. The molecule has 0 radical (unpaired) electrons. The van der Waals surface area contributed by atoms with E-state index in [-0.39, 0.29) is 6.04 Å². The molecule has 124 valence electrons. The van der Waals surface area contributed by atoms with Crippen molar-refractivity contribution in [1.82, 2.24) is 0 Å². The van der Waals surface area contributed by atoms with E-state index in [1.54, 1.807) is 21.3 Å². The lowest BCUT2D eigenvalue weighted by Gasteiger charge is -2.21. The first-order valence-corrected chi connectivity index (χ1v) is 7.81. The van der Waals surface area contributed by atoms with Gasteiger partial charge in [-0.1, -0.05) is 30.3 Å². The van der Waals surface area contributed by atoms with Gasteiger partial charge in [0.1, 0.15) is 12.1 Å². The lowest BCUT2D eigenvalue weighted by molar-refractivity contribution is -0.728. The van der Waals surface area contributed by atoms with Crippen molar-refractivity contribution in [2.24, 2.45) is 0 Å². The molecule has 0 aliphatic rings. The van der Waals surface area contributed by atoms with Crippen molar-refractivity contribution >= 4 is 0 Å². The highest BCUT2D eigenvalue weighted by atomic mass is 16.5. The molecule has 2 aromatic carbocycles. The molecule has 2 atom stereocenters. The Bertz CT molecular complexity index is 628. The topological polar surface area (TPSA) is 44.3 Å². The van der Waals surface area contributed by atoms with Crippen LogP contribution in [-0.2, 0) is 0 Å². The monoisotopic (exact) mass is 316 g/mol. The third-order valence-corrected chi connectivity index (χ3v) is 4.13. The van der Waals surface area contributed by atoms with Crippen LogP contribution in [0.3, 0.4) is 0 Å². The van der Waals surface area contributed by atoms with Crippen LogP contribution in [0.25, 0.3) is 0 Å². The molecule has 4 nitrogen and oxygen atoms in total. The van der Waals surface area contributed by atoms with Crippen LogP contribution in [-0.4, -0.2) is 21.3 Å². The van der Waals surface area contributed by atoms with Gasteiger partial charge in [0.05, 0.1) is 26.9 Å². The number of methoxy groups -OCH3 is 3. The van der Waals surface area contributed by atoms with E-state index in [2.05, 4.69) is 43.4 Å². The molecule has 2 N–H and O–H groups in total. The van der Waals surface area contributed by atoms with E-state index in [1.165, 1.54) is 5.56 Å². The first-order chi connectivity index (χ1) is 11.1. The summed E-state index contributed by atoms with van der Waals surface area (Å²) in [4.78, 5) is 0. The SMILES string of the molecule is COc1ccc([C@H](C)[NH2+][C@@H](C)c2ccccc2)c(OC)c1OC. The zero-order chi connectivity index (χ0) is 16.8. The lowest BCUT2D eigenvalue weighted by atomic mass is 10.0. The predicted octanol–water partition coefficient (Wildman–Crippen LogP) is 3.10. The second-order valence-corrected chi connectivity index (χ2v) is 5.60. The summed E-state index contributed by atoms with van der Waals surface area (Å²) in [5, 5.41) is 2.32. The van der Waals surface area contributed by atoms with E-state index in [1.807, 2.05) is 18.2 Å². The van der Waals surface area contributed by atoms with Crippen LogP contribution in [0.5, 0.6) is 17.2 Å². The Labute approximate surface area is 138 Å². The highest BCUT2D eigenvalue weighted by molar-refractivity contribution is 5.56. The summed E-state index contributed by atoms with van der Waals surface area (Å²) in [6.07, 6.45) is 0. The van der Waals surface area contributed by atoms with Gasteiger partial charge in [0.2, 0.25) is 5.75 Å². The summed E-state index contributed by atoms with van der Waals surface area (Å²) >= 11 is 0. The summed E-state index contributed by atoms with van der Waals surface area (Å²) in [5.74, 6) is 2.05. The fraction of sp³-hybridized carbons (Fsp3) is 0.368. The number of ether oxygens (including phenoxy) is 3. The first kappa shape index (κ1) is 17.2. The largest absolute Gasteiger partial charge is 0.493 e. The molecular formula is C19H26NO3+. The molecule has 0 fully saturated rings. The van der Waals surface area contributed by atoms with Crippen molar-refractivity contribution in [2.45, 2.75) is 25.9 Å². The standard InChI is InChI=1S/C19H25NO3/c1-13(15-9-7-6-8-10-15)20-14(2)16-11-12-17(21-3)19(23-5)18(16)22-4/h6-14,20H,1-5H3/p+1/t13-,14-/m0/s1. The summed E-state index contributed by atoms with van der Waals surface area (Å²) in [6.45, 7) is 4.38. The van der Waals surface area contributed by atoms with Crippen LogP contribution >= 0.6 is 0 Å². The Morgan fingerprint density at radius 3 is 1.96 bits per heavy atom. The number of hydrogen-bond acceptors (Lipinski definition) is 3. The van der Waals surface area contributed by atoms with Crippen LogP contribution < -0.4 is 19.5 Å². The predicted molar refractivity (Wildman–Crippen MR) is 91.3 cm³/mol. The molecule has 0 aliphatic heterocycles. The molecule has 0 saturated carbocycles. The van der Waals surface area contributed by atoms with E-state index >= 15 is 0 Å². The summed E-state index contributed by atoms with van der Waals surface area (Å²) in [6, 6.07) is 15.0. The smallest absolute Gasteiger partial charge is 0.203 e. The fourth-order valence-electron chi connectivity index (χ4n) is 2.89. The Kier molecular flexibility index (Phi) is 5.88. The van der Waals surface area contributed by atoms with Gasteiger partial charge in [-0.25, -0.2) is 0 Å². The van der Waals surface area contributed by atoms with E-state index < -0.39 is 0 Å². The van der Waals surface area contributed by atoms with Gasteiger partial charge in [-0.05, 0) is 26.0 Å². The summed E-state index contributed by atoms with van der Waals surface area (Å²) < 4.78 is 16.4. The molecule has 0 aromatic heterocycles. The van der Waals surface area contributed by atoms with E-state index in [0.717, 1.165) is 11.3 Å². The van der Waals surface area contributed by atoms with Crippen molar-refractivity contribution in [2.75, 3.05) is 21.3 Å². The molecule has 0 heterocycles.